The van der Waals surface area contributed by atoms with Crippen molar-refractivity contribution < 1.29 is 24.4 Å². The molecule has 0 aliphatic carbocycles. The molecule has 0 saturated heterocycles. The number of rotatable bonds is 9. The molecule has 3 N–H and O–H groups in total. The highest BCUT2D eigenvalue weighted by Gasteiger charge is 2.11. The van der Waals surface area contributed by atoms with Crippen LogP contribution in [-0.4, -0.2) is 60.5 Å². The predicted octanol–water partition coefficient (Wildman–Crippen LogP) is -1.38. The zero-order chi connectivity index (χ0) is 19.1. The normalized spacial score (nSPS) is 10.3. The Balaban J connectivity index is 1.65. The highest BCUT2D eigenvalue weighted by Crippen LogP contribution is 2.07. The molecule has 0 bridgehead atoms. The van der Waals surface area contributed by atoms with Crippen LogP contribution in [0.5, 0.6) is 0 Å². The van der Waals surface area contributed by atoms with Gasteiger partial charge in [0.1, 0.15) is 25.5 Å². The molecular formula is C13H15N7O6. The molecule has 2 amide bonds. The van der Waals surface area contributed by atoms with E-state index >= 15 is 0 Å². The number of carbonyl (C=O) groups is 3. The number of carbonyl (C=O) groups excluding carboxylic acids is 2. The predicted molar refractivity (Wildman–Crippen MR) is 84.1 cm³/mol. The van der Waals surface area contributed by atoms with E-state index < -0.39 is 22.7 Å². The van der Waals surface area contributed by atoms with Crippen molar-refractivity contribution in [2.75, 3.05) is 13.1 Å². The number of carboxylic acid groups (broad SMARTS) is 1. The summed E-state index contributed by atoms with van der Waals surface area (Å²) in [4.78, 5) is 43.9. The second-order valence-electron chi connectivity index (χ2n) is 5.06. The molecule has 0 fully saturated rings. The van der Waals surface area contributed by atoms with E-state index in [0.717, 1.165) is 17.1 Å². The van der Waals surface area contributed by atoms with Crippen molar-refractivity contribution >= 4 is 23.5 Å². The molecule has 138 valence electrons. The Kier molecular flexibility index (Phi) is 5.97. The van der Waals surface area contributed by atoms with Crippen LogP contribution in [0, 0.1) is 10.1 Å². The fourth-order valence-electron chi connectivity index (χ4n) is 1.91. The first-order valence-electron chi connectivity index (χ1n) is 7.32. The zero-order valence-corrected chi connectivity index (χ0v) is 13.4. The van der Waals surface area contributed by atoms with Crippen LogP contribution in [0.2, 0.25) is 0 Å². The summed E-state index contributed by atoms with van der Waals surface area (Å²) < 4.78 is 2.31. The van der Waals surface area contributed by atoms with E-state index in [4.69, 9.17) is 5.11 Å². The van der Waals surface area contributed by atoms with Crippen LogP contribution in [0.4, 0.5) is 5.69 Å². The lowest BCUT2D eigenvalue weighted by Crippen LogP contribution is -2.37. The molecule has 0 atom stereocenters. The van der Waals surface area contributed by atoms with Crippen molar-refractivity contribution in [3.8, 4) is 0 Å². The zero-order valence-electron chi connectivity index (χ0n) is 13.4. The lowest BCUT2D eigenvalue weighted by Gasteiger charge is -2.07. The van der Waals surface area contributed by atoms with E-state index in [1.165, 1.54) is 16.9 Å². The number of hydrogen-bond donors (Lipinski definition) is 3. The summed E-state index contributed by atoms with van der Waals surface area (Å²) in [7, 11) is 0. The van der Waals surface area contributed by atoms with Gasteiger partial charge in [-0.3, -0.25) is 29.1 Å². The standard InChI is InChI=1S/C13H15N7O6/c21-11(7-18-4-1-10(17-18)13(23)24)14-2-3-15-12(22)8-19-6-9(5-16-19)20(25)26/h1,4-6H,2-3,7-8H2,(H,14,21)(H,15,22)(H,23,24). The summed E-state index contributed by atoms with van der Waals surface area (Å²) >= 11 is 0. The summed E-state index contributed by atoms with van der Waals surface area (Å²) in [5.74, 6) is -2.01. The van der Waals surface area contributed by atoms with Gasteiger partial charge in [0.25, 0.3) is 0 Å². The molecule has 0 unspecified atom stereocenters. The summed E-state index contributed by atoms with van der Waals surface area (Å²) in [5.41, 5.74) is -0.376. The van der Waals surface area contributed by atoms with Crippen LogP contribution in [0.15, 0.2) is 24.7 Å². The monoisotopic (exact) mass is 365 g/mol. The number of aromatic nitrogens is 4. The van der Waals surface area contributed by atoms with E-state index in [1.54, 1.807) is 0 Å². The summed E-state index contributed by atoms with van der Waals surface area (Å²) in [6.07, 6.45) is 3.55. The molecule has 2 aromatic heterocycles. The molecule has 2 aromatic rings. The minimum absolute atomic E-state index is 0.146. The molecule has 13 nitrogen and oxygen atoms in total. The van der Waals surface area contributed by atoms with Gasteiger partial charge in [-0.1, -0.05) is 0 Å². The maximum Gasteiger partial charge on any atom is 0.356 e. The van der Waals surface area contributed by atoms with Gasteiger partial charge in [0, 0.05) is 19.3 Å². The van der Waals surface area contributed by atoms with Gasteiger partial charge in [0.2, 0.25) is 11.8 Å². The number of aromatic carboxylic acids is 1. The molecular weight excluding hydrogens is 350 g/mol. The number of nitrogens with one attached hydrogen (secondary N) is 2. The second kappa shape index (κ2) is 8.36. The quantitative estimate of drug-likeness (QED) is 0.277. The SMILES string of the molecule is O=C(Cn1cc([N+](=O)[O-])cn1)NCCNC(=O)Cn1ccc(C(=O)O)n1. The number of nitro groups is 1. The maximum atomic E-state index is 11.7. The van der Waals surface area contributed by atoms with Gasteiger partial charge in [-0.2, -0.15) is 10.2 Å². The summed E-state index contributed by atoms with van der Waals surface area (Å²) in [6, 6.07) is 1.27. The molecule has 13 heteroatoms. The van der Waals surface area contributed by atoms with Crippen molar-refractivity contribution in [1.29, 1.82) is 0 Å². The van der Waals surface area contributed by atoms with Crippen molar-refractivity contribution in [3.05, 3.63) is 40.5 Å². The fraction of sp³-hybridized carbons (Fsp3) is 0.308. The van der Waals surface area contributed by atoms with Crippen LogP contribution >= 0.6 is 0 Å². The van der Waals surface area contributed by atoms with Crippen molar-refractivity contribution in [2.45, 2.75) is 13.1 Å². The van der Waals surface area contributed by atoms with Crippen molar-refractivity contribution in [1.82, 2.24) is 30.2 Å². The third-order valence-corrected chi connectivity index (χ3v) is 3.07. The largest absolute Gasteiger partial charge is 0.476 e. The van der Waals surface area contributed by atoms with Crippen molar-refractivity contribution in [2.24, 2.45) is 0 Å². The third kappa shape index (κ3) is 5.40. The topological polar surface area (TPSA) is 174 Å². The maximum absolute atomic E-state index is 11.7. The van der Waals surface area contributed by atoms with Gasteiger partial charge >= 0.3 is 11.7 Å². The second-order valence-corrected chi connectivity index (χ2v) is 5.06. The minimum Gasteiger partial charge on any atom is -0.476 e. The van der Waals surface area contributed by atoms with Crippen LogP contribution in [0.25, 0.3) is 0 Å². The van der Waals surface area contributed by atoms with E-state index in [0.29, 0.717) is 0 Å². The van der Waals surface area contributed by atoms with Gasteiger partial charge < -0.3 is 15.7 Å². The lowest BCUT2D eigenvalue weighted by molar-refractivity contribution is -0.385. The average molecular weight is 365 g/mol. The Bertz CT molecular complexity index is 758. The number of carboxylic acids is 1. The first-order valence-corrected chi connectivity index (χ1v) is 7.32. The van der Waals surface area contributed by atoms with Gasteiger partial charge in [-0.25, -0.2) is 4.79 Å². The molecule has 0 aliphatic heterocycles. The van der Waals surface area contributed by atoms with E-state index in [2.05, 4.69) is 20.8 Å². The Morgan fingerprint density at radius 3 is 2.27 bits per heavy atom. The molecule has 2 heterocycles. The Hall–Kier alpha value is -3.77. The first-order chi connectivity index (χ1) is 12.3. The summed E-state index contributed by atoms with van der Waals surface area (Å²) in [5, 5.41) is 31.7. The Labute approximate surface area is 145 Å². The Morgan fingerprint density at radius 1 is 1.15 bits per heavy atom. The molecule has 26 heavy (non-hydrogen) atoms. The molecule has 0 radical (unpaired) electrons. The van der Waals surface area contributed by atoms with Crippen LogP contribution in [0.1, 0.15) is 10.5 Å². The number of nitrogens with zero attached hydrogens (tertiary/aromatic N) is 5. The van der Waals surface area contributed by atoms with E-state index in [-0.39, 0.29) is 37.6 Å². The number of amides is 2. The Morgan fingerprint density at radius 2 is 1.77 bits per heavy atom. The molecule has 2 rings (SSSR count). The smallest absolute Gasteiger partial charge is 0.356 e. The molecule has 0 saturated carbocycles. The van der Waals surface area contributed by atoms with E-state index in [9.17, 15) is 24.5 Å². The third-order valence-electron chi connectivity index (χ3n) is 3.07. The fourth-order valence-corrected chi connectivity index (χ4v) is 1.91. The summed E-state index contributed by atoms with van der Waals surface area (Å²) in [6.45, 7) is -0.0461. The first kappa shape index (κ1) is 18.6. The van der Waals surface area contributed by atoms with Gasteiger partial charge in [0.15, 0.2) is 5.69 Å². The van der Waals surface area contributed by atoms with Crippen LogP contribution in [0.3, 0.4) is 0 Å². The van der Waals surface area contributed by atoms with E-state index in [1.807, 2.05) is 0 Å². The van der Waals surface area contributed by atoms with Crippen LogP contribution in [-0.2, 0) is 22.7 Å². The lowest BCUT2D eigenvalue weighted by atomic mass is 10.4. The van der Waals surface area contributed by atoms with Gasteiger partial charge in [-0.15, -0.1) is 0 Å². The minimum atomic E-state index is -1.19. The molecule has 0 aliphatic rings. The van der Waals surface area contributed by atoms with Crippen LogP contribution < -0.4 is 10.6 Å². The molecule has 0 aromatic carbocycles. The average Bonchev–Trinajstić information content (AvgIpc) is 3.21. The molecule has 0 spiro atoms. The highest BCUT2D eigenvalue weighted by molar-refractivity contribution is 5.85. The van der Waals surface area contributed by atoms with Crippen molar-refractivity contribution in [3.63, 3.8) is 0 Å². The highest BCUT2D eigenvalue weighted by atomic mass is 16.6. The van der Waals surface area contributed by atoms with Gasteiger partial charge in [0.05, 0.1) is 4.92 Å². The van der Waals surface area contributed by atoms with Gasteiger partial charge in [-0.05, 0) is 6.07 Å². The number of hydrogen-bond acceptors (Lipinski definition) is 7.